The number of carbonyl (C=O) groups excluding carboxylic acids is 1. The van der Waals surface area contributed by atoms with Crippen molar-refractivity contribution < 1.29 is 19.0 Å². The summed E-state index contributed by atoms with van der Waals surface area (Å²) in [4.78, 5) is 14.6. The first kappa shape index (κ1) is 11.1. The van der Waals surface area contributed by atoms with Crippen LogP contribution in [-0.4, -0.2) is 20.0 Å². The van der Waals surface area contributed by atoms with Crippen LogP contribution in [0.3, 0.4) is 0 Å². The van der Waals surface area contributed by atoms with Gasteiger partial charge in [-0.25, -0.2) is 4.79 Å². The summed E-state index contributed by atoms with van der Waals surface area (Å²) in [5.41, 5.74) is 0.359. The number of fused-ring (bicyclic) bond motifs is 1. The molecule has 0 aromatic heterocycles. The Bertz CT molecular complexity index is 530. The Hall–Kier alpha value is -2.00. The molecule has 1 heterocycles. The van der Waals surface area contributed by atoms with Gasteiger partial charge in [0.25, 0.3) is 0 Å². The molecule has 0 radical (unpaired) electrons. The van der Waals surface area contributed by atoms with Crippen LogP contribution in [-0.2, 0) is 10.3 Å². The number of hydrogen-bond donors (Lipinski definition) is 0. The van der Waals surface area contributed by atoms with Gasteiger partial charge in [0.2, 0.25) is 12.9 Å². The number of ether oxygens (including phenoxy) is 3. The molecule has 0 spiro atoms. The zero-order valence-corrected chi connectivity index (χ0v) is 10.1. The van der Waals surface area contributed by atoms with E-state index < -0.39 is 5.54 Å². The summed E-state index contributed by atoms with van der Waals surface area (Å²) in [6, 6.07) is 3.65. The Labute approximate surface area is 104 Å². The highest BCUT2D eigenvalue weighted by molar-refractivity contribution is 5.57. The highest BCUT2D eigenvalue weighted by atomic mass is 16.7. The van der Waals surface area contributed by atoms with E-state index >= 15 is 0 Å². The third-order valence-electron chi connectivity index (χ3n) is 3.62. The molecule has 0 atom stereocenters. The van der Waals surface area contributed by atoms with Crippen LogP contribution in [0.15, 0.2) is 17.1 Å². The van der Waals surface area contributed by atoms with Crippen molar-refractivity contribution in [1.29, 1.82) is 0 Å². The number of aliphatic imine (C=N–C) groups is 1. The molecule has 1 aliphatic heterocycles. The van der Waals surface area contributed by atoms with Gasteiger partial charge >= 0.3 is 0 Å². The summed E-state index contributed by atoms with van der Waals surface area (Å²) in [5.74, 6) is 2.01. The molecule has 1 aromatic rings. The van der Waals surface area contributed by atoms with Crippen molar-refractivity contribution in [2.75, 3.05) is 13.9 Å². The predicted molar refractivity (Wildman–Crippen MR) is 62.8 cm³/mol. The Balaban J connectivity index is 2.16. The highest BCUT2D eigenvalue weighted by Crippen LogP contribution is 2.52. The Morgan fingerprint density at radius 1 is 1.39 bits per heavy atom. The predicted octanol–water partition coefficient (Wildman–Crippen LogP) is 2.14. The zero-order chi connectivity index (χ0) is 12.6. The fraction of sp³-hybridized carbons (Fsp3) is 0.462. The lowest BCUT2D eigenvalue weighted by atomic mass is 9.72. The molecule has 5 nitrogen and oxygen atoms in total. The van der Waals surface area contributed by atoms with Crippen molar-refractivity contribution in [3.05, 3.63) is 17.7 Å². The van der Waals surface area contributed by atoms with E-state index in [9.17, 15) is 4.79 Å². The number of rotatable bonds is 3. The van der Waals surface area contributed by atoms with Crippen molar-refractivity contribution in [1.82, 2.24) is 0 Å². The molecule has 0 amide bonds. The van der Waals surface area contributed by atoms with E-state index in [4.69, 9.17) is 14.2 Å². The summed E-state index contributed by atoms with van der Waals surface area (Å²) in [5, 5.41) is 0. The SMILES string of the molecule is COc1cc2c(c(C3(N=C=O)CCC3)c1)OCO2. The lowest BCUT2D eigenvalue weighted by molar-refractivity contribution is 0.168. The Morgan fingerprint density at radius 2 is 2.22 bits per heavy atom. The zero-order valence-electron chi connectivity index (χ0n) is 10.1. The van der Waals surface area contributed by atoms with E-state index in [1.54, 1.807) is 19.3 Å². The molecule has 0 N–H and O–H groups in total. The van der Waals surface area contributed by atoms with Crippen molar-refractivity contribution in [2.45, 2.75) is 24.8 Å². The molecule has 94 valence electrons. The van der Waals surface area contributed by atoms with E-state index in [0.717, 1.165) is 24.8 Å². The van der Waals surface area contributed by atoms with E-state index in [1.165, 1.54) is 0 Å². The normalized spacial score (nSPS) is 18.7. The standard InChI is InChI=1S/C13H13NO4/c1-16-9-5-10(12-11(6-9)17-8-18-12)13(14-7-15)3-2-4-13/h5-6H,2-4,8H2,1H3. The first-order valence-corrected chi connectivity index (χ1v) is 5.86. The second-order valence-corrected chi connectivity index (χ2v) is 4.50. The lowest BCUT2D eigenvalue weighted by Crippen LogP contribution is -2.32. The first-order valence-electron chi connectivity index (χ1n) is 5.86. The van der Waals surface area contributed by atoms with E-state index in [-0.39, 0.29) is 6.79 Å². The summed E-state index contributed by atoms with van der Waals surface area (Å²) in [6.45, 7) is 0.191. The Morgan fingerprint density at radius 3 is 2.83 bits per heavy atom. The van der Waals surface area contributed by atoms with Gasteiger partial charge in [-0.2, -0.15) is 4.99 Å². The fourth-order valence-corrected chi connectivity index (χ4v) is 2.49. The van der Waals surface area contributed by atoms with Crippen LogP contribution in [0.2, 0.25) is 0 Å². The van der Waals surface area contributed by atoms with E-state index in [0.29, 0.717) is 17.2 Å². The van der Waals surface area contributed by atoms with E-state index in [1.807, 2.05) is 6.07 Å². The molecule has 2 aliphatic rings. The summed E-state index contributed by atoms with van der Waals surface area (Å²) in [6.07, 6.45) is 4.36. The smallest absolute Gasteiger partial charge is 0.235 e. The van der Waals surface area contributed by atoms with Gasteiger partial charge in [-0.3, -0.25) is 0 Å². The van der Waals surface area contributed by atoms with Gasteiger partial charge in [0, 0.05) is 11.6 Å². The van der Waals surface area contributed by atoms with Gasteiger partial charge in [-0.1, -0.05) is 0 Å². The van der Waals surface area contributed by atoms with Crippen molar-refractivity contribution >= 4 is 6.08 Å². The minimum Gasteiger partial charge on any atom is -0.497 e. The molecule has 1 saturated carbocycles. The minimum atomic E-state index is -0.506. The fourth-order valence-electron chi connectivity index (χ4n) is 2.49. The van der Waals surface area contributed by atoms with Crippen LogP contribution in [0.1, 0.15) is 24.8 Å². The molecule has 18 heavy (non-hydrogen) atoms. The van der Waals surface area contributed by atoms with Gasteiger partial charge in [0.05, 0.1) is 7.11 Å². The highest BCUT2D eigenvalue weighted by Gasteiger charge is 2.43. The quantitative estimate of drug-likeness (QED) is 0.606. The topological polar surface area (TPSA) is 57.1 Å². The monoisotopic (exact) mass is 247 g/mol. The van der Waals surface area contributed by atoms with Crippen molar-refractivity contribution in [3.63, 3.8) is 0 Å². The third kappa shape index (κ3) is 1.48. The summed E-state index contributed by atoms with van der Waals surface area (Å²) in [7, 11) is 1.59. The molecule has 1 fully saturated rings. The first-order chi connectivity index (χ1) is 8.79. The molecule has 0 unspecified atom stereocenters. The average Bonchev–Trinajstić information content (AvgIpc) is 2.80. The molecule has 0 bridgehead atoms. The third-order valence-corrected chi connectivity index (χ3v) is 3.62. The van der Waals surface area contributed by atoms with Gasteiger partial charge in [0.1, 0.15) is 11.3 Å². The molecular formula is C13H13NO4. The van der Waals surface area contributed by atoms with Gasteiger partial charge in [0.15, 0.2) is 11.5 Å². The second-order valence-electron chi connectivity index (χ2n) is 4.50. The summed E-state index contributed by atoms with van der Waals surface area (Å²) >= 11 is 0. The number of nitrogens with zero attached hydrogens (tertiary/aromatic N) is 1. The van der Waals surface area contributed by atoms with Crippen molar-refractivity contribution in [2.24, 2.45) is 4.99 Å². The summed E-state index contributed by atoms with van der Waals surface area (Å²) < 4.78 is 16.1. The molecule has 5 heteroatoms. The molecular weight excluding hydrogens is 234 g/mol. The van der Waals surface area contributed by atoms with E-state index in [2.05, 4.69) is 4.99 Å². The van der Waals surface area contributed by atoms with Crippen LogP contribution in [0.25, 0.3) is 0 Å². The maximum absolute atomic E-state index is 10.6. The van der Waals surface area contributed by atoms with Gasteiger partial charge < -0.3 is 14.2 Å². The maximum atomic E-state index is 10.6. The molecule has 3 rings (SSSR count). The van der Waals surface area contributed by atoms with Crippen LogP contribution in [0.4, 0.5) is 0 Å². The largest absolute Gasteiger partial charge is 0.497 e. The molecule has 1 aromatic carbocycles. The number of isocyanates is 1. The maximum Gasteiger partial charge on any atom is 0.235 e. The number of hydrogen-bond acceptors (Lipinski definition) is 5. The van der Waals surface area contributed by atoms with Crippen LogP contribution >= 0.6 is 0 Å². The van der Waals surface area contributed by atoms with Crippen LogP contribution < -0.4 is 14.2 Å². The van der Waals surface area contributed by atoms with Crippen LogP contribution in [0, 0.1) is 0 Å². The van der Waals surface area contributed by atoms with Gasteiger partial charge in [-0.15, -0.1) is 0 Å². The average molecular weight is 247 g/mol. The second kappa shape index (κ2) is 4.03. The van der Waals surface area contributed by atoms with Crippen LogP contribution in [0.5, 0.6) is 17.2 Å². The lowest BCUT2D eigenvalue weighted by Gasteiger charge is -2.37. The number of benzene rings is 1. The van der Waals surface area contributed by atoms with Gasteiger partial charge in [-0.05, 0) is 25.3 Å². The molecule has 0 saturated heterocycles. The molecule has 1 aliphatic carbocycles. The minimum absolute atomic E-state index is 0.191. The van der Waals surface area contributed by atoms with Crippen molar-refractivity contribution in [3.8, 4) is 17.2 Å². The Kier molecular flexibility index (Phi) is 2.49. The number of methoxy groups -OCH3 is 1.